The first-order valence-corrected chi connectivity index (χ1v) is 11.1. The highest BCUT2D eigenvalue weighted by Crippen LogP contribution is 2.42. The summed E-state index contributed by atoms with van der Waals surface area (Å²) in [5, 5.41) is 9.98. The molecule has 5 aromatic rings. The number of furan rings is 2. The van der Waals surface area contributed by atoms with Crippen molar-refractivity contribution in [3.63, 3.8) is 0 Å². The van der Waals surface area contributed by atoms with Gasteiger partial charge < -0.3 is 8.83 Å². The number of halogens is 1. The molecule has 0 aliphatic heterocycles. The summed E-state index contributed by atoms with van der Waals surface area (Å²) in [6, 6.07) is 33.4. The van der Waals surface area contributed by atoms with Crippen molar-refractivity contribution in [2.24, 2.45) is 4.99 Å². The predicted molar refractivity (Wildman–Crippen MR) is 133 cm³/mol. The zero-order valence-electron chi connectivity index (χ0n) is 17.4. The Morgan fingerprint density at radius 1 is 0.727 bits per heavy atom. The van der Waals surface area contributed by atoms with Gasteiger partial charge in [0.15, 0.2) is 0 Å². The lowest BCUT2D eigenvalue weighted by atomic mass is 9.98. The Kier molecular flexibility index (Phi) is 5.75. The van der Waals surface area contributed by atoms with E-state index in [1.165, 1.54) is 0 Å². The van der Waals surface area contributed by atoms with Crippen LogP contribution in [0, 0.1) is 11.3 Å². The van der Waals surface area contributed by atoms with Crippen LogP contribution in [0.25, 0.3) is 33.8 Å². The first kappa shape index (κ1) is 20.7. The highest BCUT2D eigenvalue weighted by Gasteiger charge is 2.22. The zero-order valence-corrected chi connectivity index (χ0v) is 19.0. The average molecular weight is 493 g/mol. The van der Waals surface area contributed by atoms with Gasteiger partial charge in [0, 0.05) is 21.2 Å². The van der Waals surface area contributed by atoms with Crippen molar-refractivity contribution in [2.75, 3.05) is 0 Å². The van der Waals surface area contributed by atoms with E-state index in [-0.39, 0.29) is 5.88 Å². The SMILES string of the molecule is N#Cc1c(N=Cc2ccc(-c3ccc(Br)cc3)o2)oc(-c2ccccc2)c1-c1ccccc1. The lowest BCUT2D eigenvalue weighted by Crippen LogP contribution is -1.83. The molecule has 0 bridgehead atoms. The molecule has 5 heteroatoms. The molecule has 0 amide bonds. The molecule has 0 fully saturated rings. The van der Waals surface area contributed by atoms with Gasteiger partial charge in [-0.25, -0.2) is 4.99 Å². The summed E-state index contributed by atoms with van der Waals surface area (Å²) in [5.74, 6) is 2.16. The van der Waals surface area contributed by atoms with Crippen molar-refractivity contribution >= 4 is 28.0 Å². The van der Waals surface area contributed by atoms with E-state index in [0.29, 0.717) is 17.1 Å². The van der Waals surface area contributed by atoms with Gasteiger partial charge in [-0.3, -0.25) is 0 Å². The van der Waals surface area contributed by atoms with Gasteiger partial charge in [0.25, 0.3) is 0 Å². The second-order valence-electron chi connectivity index (χ2n) is 7.30. The van der Waals surface area contributed by atoms with Crippen molar-refractivity contribution in [1.82, 2.24) is 0 Å². The number of nitriles is 1. The van der Waals surface area contributed by atoms with E-state index in [1.54, 1.807) is 6.21 Å². The van der Waals surface area contributed by atoms with E-state index in [2.05, 4.69) is 27.0 Å². The maximum Gasteiger partial charge on any atom is 0.238 e. The van der Waals surface area contributed by atoms with Gasteiger partial charge in [0.05, 0.1) is 6.21 Å². The molecule has 0 aliphatic rings. The Morgan fingerprint density at radius 3 is 2.06 bits per heavy atom. The molecule has 0 radical (unpaired) electrons. The van der Waals surface area contributed by atoms with Crippen molar-refractivity contribution in [3.05, 3.63) is 113 Å². The number of aliphatic imine (C=N–C) groups is 1. The third-order valence-corrected chi connectivity index (χ3v) is 5.69. The summed E-state index contributed by atoms with van der Waals surface area (Å²) >= 11 is 3.44. The molecule has 0 unspecified atom stereocenters. The monoisotopic (exact) mass is 492 g/mol. The second-order valence-corrected chi connectivity index (χ2v) is 8.21. The van der Waals surface area contributed by atoms with Crippen molar-refractivity contribution in [3.8, 4) is 39.8 Å². The smallest absolute Gasteiger partial charge is 0.238 e. The van der Waals surface area contributed by atoms with Crippen LogP contribution in [0.15, 0.2) is 115 Å². The minimum Gasteiger partial charge on any atom is -0.455 e. The summed E-state index contributed by atoms with van der Waals surface area (Å²) in [7, 11) is 0. The van der Waals surface area contributed by atoms with Crippen molar-refractivity contribution in [1.29, 1.82) is 5.26 Å². The minimum atomic E-state index is 0.247. The molecule has 0 spiro atoms. The Bertz CT molecular complexity index is 1460. The Morgan fingerprint density at radius 2 is 1.39 bits per heavy atom. The maximum absolute atomic E-state index is 9.98. The van der Waals surface area contributed by atoms with Crippen LogP contribution in [0.4, 0.5) is 5.88 Å². The van der Waals surface area contributed by atoms with Gasteiger partial charge in [0.2, 0.25) is 5.88 Å². The molecule has 3 aromatic carbocycles. The largest absolute Gasteiger partial charge is 0.455 e. The number of nitrogens with zero attached hydrogens (tertiary/aromatic N) is 2. The fraction of sp³-hybridized carbons (Fsp3) is 0. The van der Waals surface area contributed by atoms with Crippen LogP contribution >= 0.6 is 15.9 Å². The van der Waals surface area contributed by atoms with Crippen LogP contribution in [0.3, 0.4) is 0 Å². The Hall–Kier alpha value is -4.14. The summed E-state index contributed by atoms with van der Waals surface area (Å²) in [4.78, 5) is 4.49. The molecule has 2 aromatic heterocycles. The molecule has 2 heterocycles. The van der Waals surface area contributed by atoms with Gasteiger partial charge in [-0.15, -0.1) is 0 Å². The molecular formula is C28H17BrN2O2. The van der Waals surface area contributed by atoms with Crippen LogP contribution in [-0.2, 0) is 0 Å². The standard InChI is InChI=1S/C28H17BrN2O2/c29-22-13-11-19(12-14-22)25-16-15-23(32-25)18-31-28-24(17-30)26(20-7-3-1-4-8-20)27(33-28)21-9-5-2-6-10-21/h1-16,18H. The minimum absolute atomic E-state index is 0.247. The number of hydrogen-bond donors (Lipinski definition) is 0. The molecule has 33 heavy (non-hydrogen) atoms. The maximum atomic E-state index is 9.98. The first-order chi connectivity index (χ1) is 16.2. The summed E-state index contributed by atoms with van der Waals surface area (Å²) in [6.07, 6.45) is 1.57. The molecule has 0 N–H and O–H groups in total. The second kappa shape index (κ2) is 9.15. The highest BCUT2D eigenvalue weighted by atomic mass is 79.9. The number of rotatable bonds is 5. The van der Waals surface area contributed by atoms with E-state index in [0.717, 1.165) is 32.5 Å². The van der Waals surface area contributed by atoms with E-state index in [1.807, 2.05) is 97.1 Å². The van der Waals surface area contributed by atoms with Crippen LogP contribution in [-0.4, -0.2) is 6.21 Å². The van der Waals surface area contributed by atoms with Gasteiger partial charge in [0.1, 0.15) is 28.9 Å². The van der Waals surface area contributed by atoms with Gasteiger partial charge in [-0.05, 0) is 29.8 Å². The lowest BCUT2D eigenvalue weighted by molar-refractivity contribution is 0.572. The average Bonchev–Trinajstić information content (AvgIpc) is 3.49. The van der Waals surface area contributed by atoms with E-state index >= 15 is 0 Å². The molecule has 158 valence electrons. The predicted octanol–water partition coefficient (Wildman–Crippen LogP) is 8.26. The summed E-state index contributed by atoms with van der Waals surface area (Å²) in [5.41, 5.74) is 3.85. The number of hydrogen-bond acceptors (Lipinski definition) is 4. The van der Waals surface area contributed by atoms with E-state index in [4.69, 9.17) is 8.83 Å². The zero-order chi connectivity index (χ0) is 22.6. The third kappa shape index (κ3) is 4.30. The van der Waals surface area contributed by atoms with Crippen molar-refractivity contribution in [2.45, 2.75) is 0 Å². The van der Waals surface area contributed by atoms with Gasteiger partial charge >= 0.3 is 0 Å². The fourth-order valence-electron chi connectivity index (χ4n) is 3.60. The molecule has 0 saturated carbocycles. The van der Waals surface area contributed by atoms with E-state index in [9.17, 15) is 5.26 Å². The third-order valence-electron chi connectivity index (χ3n) is 5.16. The van der Waals surface area contributed by atoms with Crippen LogP contribution in [0.5, 0.6) is 0 Å². The molecular weight excluding hydrogens is 476 g/mol. The Balaban J connectivity index is 1.55. The Labute approximate surface area is 199 Å². The summed E-state index contributed by atoms with van der Waals surface area (Å²) < 4.78 is 13.1. The lowest BCUT2D eigenvalue weighted by Gasteiger charge is -2.03. The van der Waals surface area contributed by atoms with E-state index < -0.39 is 0 Å². The van der Waals surface area contributed by atoms with Crippen LogP contribution < -0.4 is 0 Å². The van der Waals surface area contributed by atoms with Crippen LogP contribution in [0.2, 0.25) is 0 Å². The van der Waals surface area contributed by atoms with Crippen LogP contribution in [0.1, 0.15) is 11.3 Å². The first-order valence-electron chi connectivity index (χ1n) is 10.3. The molecule has 5 rings (SSSR count). The fourth-order valence-corrected chi connectivity index (χ4v) is 3.86. The molecule has 0 atom stereocenters. The van der Waals surface area contributed by atoms with Gasteiger partial charge in [-0.2, -0.15) is 5.26 Å². The summed E-state index contributed by atoms with van der Waals surface area (Å²) in [6.45, 7) is 0. The number of benzene rings is 3. The quantitative estimate of drug-likeness (QED) is 0.232. The van der Waals surface area contributed by atoms with Gasteiger partial charge in [-0.1, -0.05) is 88.7 Å². The molecule has 0 saturated heterocycles. The molecule has 4 nitrogen and oxygen atoms in total. The molecule has 0 aliphatic carbocycles. The highest BCUT2D eigenvalue weighted by molar-refractivity contribution is 9.10. The topological polar surface area (TPSA) is 62.4 Å². The normalized spacial score (nSPS) is 11.0. The van der Waals surface area contributed by atoms with Crippen molar-refractivity contribution < 1.29 is 8.83 Å².